The Hall–Kier alpha value is -2.14. The molecule has 4 nitrogen and oxygen atoms in total. The third-order valence-corrected chi connectivity index (χ3v) is 3.44. The molecule has 0 saturated carbocycles. The van der Waals surface area contributed by atoms with Crippen molar-refractivity contribution < 1.29 is 19.1 Å². The number of methoxy groups -OCH3 is 1. The Bertz CT molecular complexity index is 653. The number of halogens is 1. The summed E-state index contributed by atoms with van der Waals surface area (Å²) in [5.41, 5.74) is 0.866. The second-order valence-corrected chi connectivity index (χ2v) is 5.07. The van der Waals surface area contributed by atoms with E-state index < -0.39 is 5.97 Å². The first-order chi connectivity index (χ1) is 10.1. The van der Waals surface area contributed by atoms with Gasteiger partial charge >= 0.3 is 5.97 Å². The lowest BCUT2D eigenvalue weighted by molar-refractivity contribution is 0.0474. The first kappa shape index (κ1) is 15.3. The average Bonchev–Trinajstić information content (AvgIpc) is 2.53. The molecule has 0 bridgehead atoms. The van der Waals surface area contributed by atoms with Gasteiger partial charge in [-0.15, -0.1) is 0 Å². The fourth-order valence-corrected chi connectivity index (χ4v) is 2.25. The number of ether oxygens (including phenoxy) is 2. The summed E-state index contributed by atoms with van der Waals surface area (Å²) in [4.78, 5) is 23.7. The van der Waals surface area contributed by atoms with Gasteiger partial charge in [-0.25, -0.2) is 4.79 Å². The molecule has 0 amide bonds. The summed E-state index contributed by atoms with van der Waals surface area (Å²) >= 11 is 3.31. The lowest BCUT2D eigenvalue weighted by atomic mass is 10.1. The number of hydrogen-bond acceptors (Lipinski definition) is 4. The minimum Gasteiger partial charge on any atom is -0.496 e. The third kappa shape index (κ3) is 3.92. The first-order valence-corrected chi connectivity index (χ1v) is 7.00. The number of ketones is 1. The number of carbonyl (C=O) groups excluding carboxylic acids is 2. The van der Waals surface area contributed by atoms with Gasteiger partial charge in [0.15, 0.2) is 12.4 Å². The van der Waals surface area contributed by atoms with E-state index in [9.17, 15) is 9.59 Å². The van der Waals surface area contributed by atoms with Crippen molar-refractivity contribution in [1.82, 2.24) is 0 Å². The zero-order valence-electron chi connectivity index (χ0n) is 11.3. The van der Waals surface area contributed by atoms with Crippen molar-refractivity contribution in [1.29, 1.82) is 0 Å². The van der Waals surface area contributed by atoms with E-state index in [2.05, 4.69) is 15.9 Å². The highest BCUT2D eigenvalue weighted by Crippen LogP contribution is 2.25. The van der Waals surface area contributed by atoms with Crippen LogP contribution in [0.3, 0.4) is 0 Å². The van der Waals surface area contributed by atoms with Crippen LogP contribution >= 0.6 is 15.9 Å². The highest BCUT2D eigenvalue weighted by atomic mass is 79.9. The van der Waals surface area contributed by atoms with Gasteiger partial charge in [0, 0.05) is 5.56 Å². The molecule has 2 rings (SSSR count). The van der Waals surface area contributed by atoms with Crippen molar-refractivity contribution in [3.8, 4) is 5.75 Å². The predicted octanol–water partition coefficient (Wildman–Crippen LogP) is 3.50. The van der Waals surface area contributed by atoms with Crippen molar-refractivity contribution in [3.63, 3.8) is 0 Å². The molecule has 5 heteroatoms. The fourth-order valence-electron chi connectivity index (χ4n) is 1.71. The molecule has 0 aromatic heterocycles. The molecule has 0 unspecified atom stereocenters. The van der Waals surface area contributed by atoms with Gasteiger partial charge < -0.3 is 9.47 Å². The van der Waals surface area contributed by atoms with Crippen LogP contribution in [0.15, 0.2) is 53.0 Å². The van der Waals surface area contributed by atoms with Crippen LogP contribution < -0.4 is 4.74 Å². The zero-order valence-corrected chi connectivity index (χ0v) is 12.9. The Morgan fingerprint density at radius 2 is 1.76 bits per heavy atom. The molecule has 21 heavy (non-hydrogen) atoms. The number of esters is 1. The Morgan fingerprint density at radius 1 is 1.05 bits per heavy atom. The Balaban J connectivity index is 1.99. The molecule has 0 radical (unpaired) electrons. The van der Waals surface area contributed by atoms with E-state index in [0.717, 1.165) is 0 Å². The summed E-state index contributed by atoms with van der Waals surface area (Å²) in [7, 11) is 1.54. The van der Waals surface area contributed by atoms with Gasteiger partial charge in [0.25, 0.3) is 0 Å². The van der Waals surface area contributed by atoms with Crippen molar-refractivity contribution in [2.24, 2.45) is 0 Å². The average molecular weight is 349 g/mol. The van der Waals surface area contributed by atoms with E-state index in [0.29, 0.717) is 21.3 Å². The molecule has 0 aliphatic heterocycles. The molecular weight excluding hydrogens is 336 g/mol. The molecular formula is C16H13BrO4. The minimum atomic E-state index is -0.517. The van der Waals surface area contributed by atoms with Crippen molar-refractivity contribution in [2.75, 3.05) is 13.7 Å². The molecule has 0 heterocycles. The molecule has 108 valence electrons. The monoisotopic (exact) mass is 348 g/mol. The standard InChI is InChI=1S/C16H13BrO4/c1-20-15-8-7-12(9-13(15)17)14(18)10-21-16(19)11-5-3-2-4-6-11/h2-9H,10H2,1H3. The van der Waals surface area contributed by atoms with E-state index in [1.807, 2.05) is 0 Å². The predicted molar refractivity (Wildman–Crippen MR) is 81.7 cm³/mol. The fraction of sp³-hybridized carbons (Fsp3) is 0.125. The number of carbonyl (C=O) groups is 2. The van der Waals surface area contributed by atoms with Gasteiger partial charge in [0.1, 0.15) is 5.75 Å². The van der Waals surface area contributed by atoms with E-state index >= 15 is 0 Å². The summed E-state index contributed by atoms with van der Waals surface area (Å²) in [5.74, 6) is -0.160. The number of hydrogen-bond donors (Lipinski definition) is 0. The van der Waals surface area contributed by atoms with Gasteiger partial charge in [0.2, 0.25) is 0 Å². The molecule has 0 aliphatic rings. The molecule has 2 aromatic rings. The molecule has 0 spiro atoms. The van der Waals surface area contributed by atoms with Gasteiger partial charge in [0.05, 0.1) is 17.1 Å². The largest absolute Gasteiger partial charge is 0.496 e. The summed E-state index contributed by atoms with van der Waals surface area (Å²) in [6, 6.07) is 13.5. The van der Waals surface area contributed by atoms with Crippen LogP contribution in [0.25, 0.3) is 0 Å². The Labute approximate surface area is 130 Å². The zero-order chi connectivity index (χ0) is 15.2. The molecule has 0 fully saturated rings. The Morgan fingerprint density at radius 3 is 2.38 bits per heavy atom. The van der Waals surface area contributed by atoms with Gasteiger partial charge in [-0.2, -0.15) is 0 Å². The molecule has 0 N–H and O–H groups in total. The van der Waals surface area contributed by atoms with Gasteiger partial charge in [-0.05, 0) is 46.3 Å². The van der Waals surface area contributed by atoms with Crippen LogP contribution in [-0.4, -0.2) is 25.5 Å². The summed E-state index contributed by atoms with van der Waals surface area (Å²) in [5, 5.41) is 0. The van der Waals surface area contributed by atoms with E-state index in [4.69, 9.17) is 9.47 Å². The van der Waals surface area contributed by atoms with Crippen LogP contribution in [0.1, 0.15) is 20.7 Å². The molecule has 2 aromatic carbocycles. The molecule has 0 atom stereocenters. The maximum atomic E-state index is 12.0. The van der Waals surface area contributed by atoms with Crippen molar-refractivity contribution in [3.05, 3.63) is 64.1 Å². The summed E-state index contributed by atoms with van der Waals surface area (Å²) < 4.78 is 10.8. The summed E-state index contributed by atoms with van der Waals surface area (Å²) in [6.07, 6.45) is 0. The normalized spacial score (nSPS) is 10.0. The van der Waals surface area contributed by atoms with Crippen LogP contribution in [0.4, 0.5) is 0 Å². The lowest BCUT2D eigenvalue weighted by Gasteiger charge is -2.07. The minimum absolute atomic E-state index is 0.275. The second-order valence-electron chi connectivity index (χ2n) is 4.21. The van der Waals surface area contributed by atoms with E-state index in [-0.39, 0.29) is 12.4 Å². The molecule has 0 saturated heterocycles. The SMILES string of the molecule is COc1ccc(C(=O)COC(=O)c2ccccc2)cc1Br. The third-order valence-electron chi connectivity index (χ3n) is 2.82. The van der Waals surface area contributed by atoms with Crippen LogP contribution in [-0.2, 0) is 4.74 Å². The van der Waals surface area contributed by atoms with Gasteiger partial charge in [-0.3, -0.25) is 4.79 Å². The number of rotatable bonds is 5. The number of benzene rings is 2. The molecule has 0 aliphatic carbocycles. The van der Waals surface area contributed by atoms with Crippen LogP contribution in [0.2, 0.25) is 0 Å². The highest BCUT2D eigenvalue weighted by Gasteiger charge is 2.13. The smallest absolute Gasteiger partial charge is 0.338 e. The quantitative estimate of drug-likeness (QED) is 0.613. The van der Waals surface area contributed by atoms with Gasteiger partial charge in [-0.1, -0.05) is 18.2 Å². The number of Topliss-reactive ketones (excluding diaryl/α,β-unsaturated/α-hetero) is 1. The van der Waals surface area contributed by atoms with Crippen molar-refractivity contribution in [2.45, 2.75) is 0 Å². The van der Waals surface area contributed by atoms with E-state index in [1.165, 1.54) is 0 Å². The first-order valence-electron chi connectivity index (χ1n) is 6.20. The second kappa shape index (κ2) is 7.04. The summed E-state index contributed by atoms with van der Waals surface area (Å²) in [6.45, 7) is -0.299. The van der Waals surface area contributed by atoms with E-state index in [1.54, 1.807) is 55.6 Å². The topological polar surface area (TPSA) is 52.6 Å². The van der Waals surface area contributed by atoms with Crippen LogP contribution in [0.5, 0.6) is 5.75 Å². The maximum Gasteiger partial charge on any atom is 0.338 e. The van der Waals surface area contributed by atoms with Crippen molar-refractivity contribution >= 4 is 27.7 Å². The van der Waals surface area contributed by atoms with Crippen LogP contribution in [0, 0.1) is 0 Å². The maximum absolute atomic E-state index is 12.0. The highest BCUT2D eigenvalue weighted by molar-refractivity contribution is 9.10. The lowest BCUT2D eigenvalue weighted by Crippen LogP contribution is -2.14. The Kier molecular flexibility index (Phi) is 5.11.